The topological polar surface area (TPSA) is 89.7 Å². The number of aromatic nitrogens is 4. The van der Waals surface area contributed by atoms with Gasteiger partial charge in [-0.15, -0.1) is 0 Å². The Hall–Kier alpha value is -4.13. The third kappa shape index (κ3) is 3.26. The van der Waals surface area contributed by atoms with Gasteiger partial charge >= 0.3 is 0 Å². The highest BCUT2D eigenvalue weighted by molar-refractivity contribution is 6.05. The van der Waals surface area contributed by atoms with E-state index in [4.69, 9.17) is 0 Å². The highest BCUT2D eigenvalue weighted by atomic mass is 16.1. The van der Waals surface area contributed by atoms with Crippen LogP contribution in [0.15, 0.2) is 67.0 Å². The minimum atomic E-state index is -0.149. The number of carbonyl (C=O) groups is 1. The first-order valence-electron chi connectivity index (χ1n) is 9.59. The van der Waals surface area contributed by atoms with E-state index in [9.17, 15) is 4.79 Å². The van der Waals surface area contributed by atoms with E-state index in [1.807, 2.05) is 79.7 Å². The molecule has 0 saturated carbocycles. The van der Waals surface area contributed by atoms with Crippen LogP contribution in [0.1, 0.15) is 10.4 Å². The van der Waals surface area contributed by atoms with Crippen molar-refractivity contribution in [1.82, 2.24) is 19.9 Å². The zero-order valence-corrected chi connectivity index (χ0v) is 16.6. The van der Waals surface area contributed by atoms with Crippen molar-refractivity contribution in [2.24, 2.45) is 0 Å². The Bertz CT molecular complexity index is 1360. The van der Waals surface area contributed by atoms with Gasteiger partial charge in [-0.2, -0.15) is 0 Å². The number of fused-ring (bicyclic) bond motifs is 2. The number of amides is 1. The monoisotopic (exact) mass is 396 g/mol. The van der Waals surface area contributed by atoms with Gasteiger partial charge in [-0.05, 0) is 60.7 Å². The summed E-state index contributed by atoms with van der Waals surface area (Å²) in [6.45, 7) is 0. The first-order valence-corrected chi connectivity index (χ1v) is 9.59. The maximum absolute atomic E-state index is 12.6. The lowest BCUT2D eigenvalue weighted by Crippen LogP contribution is -2.13. The van der Waals surface area contributed by atoms with Crippen LogP contribution in [0.4, 0.5) is 11.4 Å². The molecule has 0 aliphatic heterocycles. The van der Waals surface area contributed by atoms with E-state index in [1.165, 1.54) is 0 Å². The Kier molecular flexibility index (Phi) is 4.21. The molecular formula is C23H20N6O. The number of rotatable bonds is 4. The van der Waals surface area contributed by atoms with Gasteiger partial charge in [0, 0.05) is 36.6 Å². The van der Waals surface area contributed by atoms with Gasteiger partial charge in [-0.3, -0.25) is 4.79 Å². The van der Waals surface area contributed by atoms with E-state index < -0.39 is 0 Å². The van der Waals surface area contributed by atoms with Crippen LogP contribution in [0, 0.1) is 0 Å². The van der Waals surface area contributed by atoms with Crippen molar-refractivity contribution in [3.05, 3.63) is 72.6 Å². The molecule has 0 fully saturated rings. The second-order valence-corrected chi connectivity index (χ2v) is 7.35. The Morgan fingerprint density at radius 2 is 1.73 bits per heavy atom. The van der Waals surface area contributed by atoms with Crippen LogP contribution in [-0.4, -0.2) is 39.9 Å². The van der Waals surface area contributed by atoms with Crippen LogP contribution >= 0.6 is 0 Å². The van der Waals surface area contributed by atoms with E-state index in [-0.39, 0.29) is 5.91 Å². The number of aromatic amines is 2. The fourth-order valence-electron chi connectivity index (χ4n) is 3.42. The maximum atomic E-state index is 12.6. The van der Waals surface area contributed by atoms with Crippen LogP contribution < -0.4 is 10.2 Å². The number of benzene rings is 3. The molecule has 0 bridgehead atoms. The van der Waals surface area contributed by atoms with Gasteiger partial charge in [0.1, 0.15) is 5.82 Å². The molecule has 148 valence electrons. The van der Waals surface area contributed by atoms with Crippen molar-refractivity contribution < 1.29 is 4.79 Å². The summed E-state index contributed by atoms with van der Waals surface area (Å²) in [5.74, 6) is 0.619. The van der Waals surface area contributed by atoms with Crippen LogP contribution in [-0.2, 0) is 0 Å². The van der Waals surface area contributed by atoms with Crippen molar-refractivity contribution in [3.8, 4) is 11.4 Å². The molecule has 30 heavy (non-hydrogen) atoms. The predicted molar refractivity (Wildman–Crippen MR) is 120 cm³/mol. The number of nitrogens with one attached hydrogen (secondary N) is 3. The van der Waals surface area contributed by atoms with Crippen molar-refractivity contribution in [3.63, 3.8) is 0 Å². The molecule has 1 amide bonds. The van der Waals surface area contributed by atoms with E-state index in [1.54, 1.807) is 6.33 Å². The third-order valence-electron chi connectivity index (χ3n) is 5.08. The maximum Gasteiger partial charge on any atom is 0.255 e. The molecule has 0 unspecified atom stereocenters. The first-order chi connectivity index (χ1) is 14.6. The lowest BCUT2D eigenvalue weighted by Gasteiger charge is -2.12. The number of anilines is 2. The lowest BCUT2D eigenvalue weighted by molar-refractivity contribution is 0.102. The highest BCUT2D eigenvalue weighted by Gasteiger charge is 2.10. The van der Waals surface area contributed by atoms with Crippen molar-refractivity contribution in [2.75, 3.05) is 24.3 Å². The standard InChI is InChI=1S/C23H20N6O/c1-29(2)17-7-3-14(4-8-17)23(30)26-16-6-10-19-21(12-16)28-22(27-19)15-5-9-18-20(11-15)25-13-24-18/h3-13H,1-2H3,(H,24,25)(H,26,30)(H,27,28). The summed E-state index contributed by atoms with van der Waals surface area (Å²) in [5, 5.41) is 2.96. The first kappa shape index (κ1) is 17.9. The van der Waals surface area contributed by atoms with E-state index in [0.29, 0.717) is 11.3 Å². The third-order valence-corrected chi connectivity index (χ3v) is 5.08. The largest absolute Gasteiger partial charge is 0.378 e. The predicted octanol–water partition coefficient (Wildman–Crippen LogP) is 4.42. The normalized spacial score (nSPS) is 11.1. The van der Waals surface area contributed by atoms with Gasteiger partial charge in [0.05, 0.1) is 28.4 Å². The Morgan fingerprint density at radius 3 is 2.53 bits per heavy atom. The lowest BCUT2D eigenvalue weighted by atomic mass is 10.2. The Morgan fingerprint density at radius 1 is 0.933 bits per heavy atom. The Labute approximate surface area is 172 Å². The van der Waals surface area contributed by atoms with Crippen molar-refractivity contribution in [1.29, 1.82) is 0 Å². The average molecular weight is 396 g/mol. The molecule has 2 aromatic heterocycles. The second kappa shape index (κ2) is 7.04. The SMILES string of the molecule is CN(C)c1ccc(C(=O)Nc2ccc3nc(-c4ccc5nc[nH]c5c4)[nH]c3c2)cc1. The molecule has 5 aromatic rings. The summed E-state index contributed by atoms with van der Waals surface area (Å²) in [6, 6.07) is 19.1. The van der Waals surface area contributed by atoms with Gasteiger partial charge in [0.2, 0.25) is 0 Å². The van der Waals surface area contributed by atoms with Gasteiger partial charge in [0.25, 0.3) is 5.91 Å². The number of hydrogen-bond donors (Lipinski definition) is 3. The van der Waals surface area contributed by atoms with Crippen LogP contribution in [0.2, 0.25) is 0 Å². The van der Waals surface area contributed by atoms with Crippen LogP contribution in [0.25, 0.3) is 33.5 Å². The number of H-pyrrole nitrogens is 2. The van der Waals surface area contributed by atoms with Crippen LogP contribution in [0.5, 0.6) is 0 Å². The molecule has 2 heterocycles. The molecule has 3 N–H and O–H groups in total. The number of nitrogens with zero attached hydrogens (tertiary/aromatic N) is 3. The molecule has 0 aliphatic rings. The van der Waals surface area contributed by atoms with Crippen molar-refractivity contribution >= 4 is 39.3 Å². The smallest absolute Gasteiger partial charge is 0.255 e. The Balaban J connectivity index is 1.40. The molecular weight excluding hydrogens is 376 g/mol. The molecule has 5 rings (SSSR count). The van der Waals surface area contributed by atoms with Crippen molar-refractivity contribution in [2.45, 2.75) is 0 Å². The molecule has 0 atom stereocenters. The van der Waals surface area contributed by atoms with Gasteiger partial charge in [-0.25, -0.2) is 9.97 Å². The van der Waals surface area contributed by atoms with E-state index in [2.05, 4.69) is 25.3 Å². The fourth-order valence-corrected chi connectivity index (χ4v) is 3.42. The van der Waals surface area contributed by atoms with E-state index >= 15 is 0 Å². The van der Waals surface area contributed by atoms with E-state index in [0.717, 1.165) is 39.1 Å². The average Bonchev–Trinajstić information content (AvgIpc) is 3.39. The summed E-state index contributed by atoms with van der Waals surface area (Å²) >= 11 is 0. The minimum absolute atomic E-state index is 0.149. The zero-order valence-electron chi connectivity index (χ0n) is 16.6. The molecule has 0 radical (unpaired) electrons. The fraction of sp³-hybridized carbons (Fsp3) is 0.0870. The van der Waals surface area contributed by atoms with Gasteiger partial charge in [-0.1, -0.05) is 0 Å². The molecule has 7 nitrogen and oxygen atoms in total. The summed E-state index contributed by atoms with van der Waals surface area (Å²) < 4.78 is 0. The number of imidazole rings is 2. The second-order valence-electron chi connectivity index (χ2n) is 7.35. The molecule has 3 aromatic carbocycles. The quantitative estimate of drug-likeness (QED) is 0.419. The zero-order chi connectivity index (χ0) is 20.7. The summed E-state index contributed by atoms with van der Waals surface area (Å²) in [5.41, 5.74) is 6.90. The highest BCUT2D eigenvalue weighted by Crippen LogP contribution is 2.25. The molecule has 0 saturated heterocycles. The van der Waals surface area contributed by atoms with Gasteiger partial charge in [0.15, 0.2) is 0 Å². The molecule has 7 heteroatoms. The summed E-state index contributed by atoms with van der Waals surface area (Å²) in [7, 11) is 3.94. The summed E-state index contributed by atoms with van der Waals surface area (Å²) in [4.78, 5) is 30.0. The minimum Gasteiger partial charge on any atom is -0.378 e. The molecule has 0 spiro atoms. The van der Waals surface area contributed by atoms with Gasteiger partial charge < -0.3 is 20.2 Å². The summed E-state index contributed by atoms with van der Waals surface area (Å²) in [6.07, 6.45) is 1.68. The molecule has 0 aliphatic carbocycles. The number of carbonyl (C=O) groups excluding carboxylic acids is 1. The number of hydrogen-bond acceptors (Lipinski definition) is 4. The van der Waals surface area contributed by atoms with Crippen LogP contribution in [0.3, 0.4) is 0 Å².